The van der Waals surface area contributed by atoms with Gasteiger partial charge in [-0.1, -0.05) is 29.4 Å². The zero-order valence-corrected chi connectivity index (χ0v) is 19.9. The van der Waals surface area contributed by atoms with Gasteiger partial charge in [0.1, 0.15) is 15.0 Å². The molecule has 0 bridgehead atoms. The first kappa shape index (κ1) is 24.0. The summed E-state index contributed by atoms with van der Waals surface area (Å²) in [7, 11) is 0. The number of thiophene rings is 1. The Morgan fingerprint density at radius 3 is 2.56 bits per heavy atom. The summed E-state index contributed by atoms with van der Waals surface area (Å²) in [6, 6.07) is 7.27. The second-order valence-corrected chi connectivity index (χ2v) is 9.07. The van der Waals surface area contributed by atoms with E-state index >= 15 is 0 Å². The summed E-state index contributed by atoms with van der Waals surface area (Å²) in [6.07, 6.45) is -4.65. The van der Waals surface area contributed by atoms with E-state index in [0.29, 0.717) is 41.5 Å². The molecule has 1 saturated heterocycles. The standard InChI is InChI=1S/C23H22F3N7O2S/c1-2-35-20-18-17(30-22(31-20)33-9-7-28-8-10-33)16-14(23(24,25)26)11-15(29-21(16)36-18)12-3-5-13(6-4-12)19(27)32-34/h3-6,11,28,34H,2,7-10H2,1H3,(H2,27,32). The van der Waals surface area contributed by atoms with Crippen LogP contribution in [0.3, 0.4) is 0 Å². The second-order valence-electron chi connectivity index (χ2n) is 8.07. The number of alkyl halides is 3. The number of nitrogens with zero attached hydrogens (tertiary/aromatic N) is 5. The molecule has 1 fully saturated rings. The molecule has 0 aliphatic carbocycles. The van der Waals surface area contributed by atoms with Crippen molar-refractivity contribution >= 4 is 43.6 Å². The Balaban J connectivity index is 1.73. The Bertz CT molecular complexity index is 1450. The van der Waals surface area contributed by atoms with Crippen molar-refractivity contribution in [2.24, 2.45) is 10.9 Å². The maximum absolute atomic E-state index is 14.4. The maximum Gasteiger partial charge on any atom is 0.417 e. The summed E-state index contributed by atoms with van der Waals surface area (Å²) in [5.41, 5.74) is 5.96. The molecule has 4 aromatic rings. The number of nitrogens with one attached hydrogen (secondary N) is 1. The van der Waals surface area contributed by atoms with Gasteiger partial charge in [-0.25, -0.2) is 9.97 Å². The number of hydrogen-bond acceptors (Lipinski definition) is 9. The summed E-state index contributed by atoms with van der Waals surface area (Å²) in [5, 5.41) is 15.0. The molecule has 1 aromatic carbocycles. The van der Waals surface area contributed by atoms with Crippen LogP contribution < -0.4 is 20.7 Å². The van der Waals surface area contributed by atoms with Crippen LogP contribution in [0.2, 0.25) is 0 Å². The monoisotopic (exact) mass is 517 g/mol. The number of aromatic nitrogens is 3. The molecule has 0 unspecified atom stereocenters. The van der Waals surface area contributed by atoms with Crippen molar-refractivity contribution in [2.45, 2.75) is 13.1 Å². The lowest BCUT2D eigenvalue weighted by Gasteiger charge is -2.27. The van der Waals surface area contributed by atoms with Crippen LogP contribution in [0.1, 0.15) is 18.1 Å². The van der Waals surface area contributed by atoms with E-state index in [0.717, 1.165) is 30.5 Å². The Labute approximate surface area is 207 Å². The molecular formula is C23H22F3N7O2S. The third-order valence-corrected chi connectivity index (χ3v) is 6.88. The molecular weight excluding hydrogens is 495 g/mol. The second kappa shape index (κ2) is 9.39. The molecule has 4 heterocycles. The van der Waals surface area contributed by atoms with Crippen molar-refractivity contribution in [3.8, 4) is 17.1 Å². The zero-order chi connectivity index (χ0) is 25.4. The number of pyridine rings is 1. The van der Waals surface area contributed by atoms with Gasteiger partial charge in [-0.15, -0.1) is 11.3 Å². The minimum absolute atomic E-state index is 0.0701. The van der Waals surface area contributed by atoms with Gasteiger partial charge in [0.15, 0.2) is 5.84 Å². The fourth-order valence-corrected chi connectivity index (χ4v) is 5.17. The Kier molecular flexibility index (Phi) is 6.26. The lowest BCUT2D eigenvalue weighted by atomic mass is 10.0. The fraction of sp³-hybridized carbons (Fsp3) is 0.304. The number of anilines is 1. The first-order chi connectivity index (χ1) is 17.3. The average molecular weight is 518 g/mol. The topological polar surface area (TPSA) is 122 Å². The van der Waals surface area contributed by atoms with E-state index in [1.807, 2.05) is 4.90 Å². The maximum atomic E-state index is 14.4. The molecule has 0 spiro atoms. The third-order valence-electron chi connectivity index (χ3n) is 5.81. The fourth-order valence-electron chi connectivity index (χ4n) is 4.08. The van der Waals surface area contributed by atoms with Gasteiger partial charge in [0, 0.05) is 37.3 Å². The predicted octanol–water partition coefficient (Wildman–Crippen LogP) is 3.83. The number of halogens is 3. The number of rotatable bonds is 5. The first-order valence-corrected chi connectivity index (χ1v) is 12.0. The Hall–Kier alpha value is -3.71. The van der Waals surface area contributed by atoms with Crippen molar-refractivity contribution in [3.05, 3.63) is 41.5 Å². The molecule has 1 aliphatic rings. The van der Waals surface area contributed by atoms with E-state index in [9.17, 15) is 13.2 Å². The molecule has 0 radical (unpaired) electrons. The van der Waals surface area contributed by atoms with Crippen LogP contribution in [-0.4, -0.2) is 58.8 Å². The lowest BCUT2D eigenvalue weighted by Crippen LogP contribution is -2.44. The Morgan fingerprint density at radius 2 is 1.92 bits per heavy atom. The van der Waals surface area contributed by atoms with Gasteiger partial charge in [-0.05, 0) is 13.0 Å². The number of amidine groups is 1. The lowest BCUT2D eigenvalue weighted by molar-refractivity contribution is -0.136. The Morgan fingerprint density at radius 1 is 1.19 bits per heavy atom. The highest BCUT2D eigenvalue weighted by Gasteiger charge is 2.36. The smallest absolute Gasteiger partial charge is 0.417 e. The van der Waals surface area contributed by atoms with E-state index in [1.165, 1.54) is 0 Å². The van der Waals surface area contributed by atoms with E-state index in [1.54, 1.807) is 31.2 Å². The number of ether oxygens (including phenoxy) is 1. The summed E-state index contributed by atoms with van der Waals surface area (Å²) in [4.78, 5) is 15.8. The van der Waals surface area contributed by atoms with Crippen LogP contribution in [0.5, 0.6) is 5.88 Å². The first-order valence-electron chi connectivity index (χ1n) is 11.2. The van der Waals surface area contributed by atoms with Crippen molar-refractivity contribution in [2.75, 3.05) is 37.7 Å². The number of oxime groups is 1. The van der Waals surface area contributed by atoms with Crippen LogP contribution in [-0.2, 0) is 6.18 Å². The van der Waals surface area contributed by atoms with E-state index < -0.39 is 11.7 Å². The number of fused-ring (bicyclic) bond motifs is 3. The van der Waals surface area contributed by atoms with Crippen molar-refractivity contribution in [1.82, 2.24) is 20.3 Å². The van der Waals surface area contributed by atoms with Crippen LogP contribution in [0.15, 0.2) is 35.5 Å². The normalized spacial score (nSPS) is 15.1. The number of benzene rings is 1. The van der Waals surface area contributed by atoms with Crippen LogP contribution in [0.25, 0.3) is 31.7 Å². The molecule has 36 heavy (non-hydrogen) atoms. The third kappa shape index (κ3) is 4.35. The van der Waals surface area contributed by atoms with Gasteiger partial charge in [0.2, 0.25) is 11.8 Å². The highest BCUT2D eigenvalue weighted by Crippen LogP contribution is 2.45. The summed E-state index contributed by atoms with van der Waals surface area (Å²) < 4.78 is 49.2. The summed E-state index contributed by atoms with van der Waals surface area (Å²) in [6.45, 7) is 4.82. The van der Waals surface area contributed by atoms with Gasteiger partial charge in [-0.2, -0.15) is 18.2 Å². The van der Waals surface area contributed by atoms with Crippen molar-refractivity contribution < 1.29 is 23.1 Å². The van der Waals surface area contributed by atoms with Crippen molar-refractivity contribution in [3.63, 3.8) is 0 Å². The van der Waals surface area contributed by atoms with Gasteiger partial charge >= 0.3 is 6.18 Å². The molecule has 1 aliphatic heterocycles. The number of hydrogen-bond donors (Lipinski definition) is 3. The average Bonchev–Trinajstić information content (AvgIpc) is 3.26. The molecule has 0 saturated carbocycles. The molecule has 4 N–H and O–H groups in total. The van der Waals surface area contributed by atoms with Crippen LogP contribution >= 0.6 is 11.3 Å². The number of nitrogens with two attached hydrogens (primary N) is 1. The van der Waals surface area contributed by atoms with Gasteiger partial charge in [0.25, 0.3) is 0 Å². The molecule has 5 rings (SSSR count). The zero-order valence-electron chi connectivity index (χ0n) is 19.1. The largest absolute Gasteiger partial charge is 0.477 e. The summed E-state index contributed by atoms with van der Waals surface area (Å²) in [5.74, 6) is 0.479. The molecule has 188 valence electrons. The van der Waals surface area contributed by atoms with E-state index in [-0.39, 0.29) is 33.1 Å². The van der Waals surface area contributed by atoms with Crippen LogP contribution in [0, 0.1) is 0 Å². The van der Waals surface area contributed by atoms with E-state index in [4.69, 9.17) is 15.7 Å². The highest BCUT2D eigenvalue weighted by molar-refractivity contribution is 7.25. The molecule has 0 atom stereocenters. The predicted molar refractivity (Wildman–Crippen MR) is 132 cm³/mol. The van der Waals surface area contributed by atoms with Gasteiger partial charge in [0.05, 0.1) is 23.3 Å². The van der Waals surface area contributed by atoms with E-state index in [2.05, 4.69) is 25.4 Å². The van der Waals surface area contributed by atoms with Crippen LogP contribution in [0.4, 0.5) is 19.1 Å². The molecule has 0 amide bonds. The highest BCUT2D eigenvalue weighted by atomic mass is 32.1. The van der Waals surface area contributed by atoms with Crippen molar-refractivity contribution in [1.29, 1.82) is 0 Å². The molecule has 3 aromatic heterocycles. The molecule has 9 nitrogen and oxygen atoms in total. The quantitative estimate of drug-likeness (QED) is 0.158. The minimum Gasteiger partial charge on any atom is -0.477 e. The summed E-state index contributed by atoms with van der Waals surface area (Å²) >= 11 is 1.07. The van der Waals surface area contributed by atoms with Gasteiger partial charge in [-0.3, -0.25) is 0 Å². The minimum atomic E-state index is -4.65. The number of piperazine rings is 1. The molecule has 13 heteroatoms. The SMILES string of the molecule is CCOc1nc(N2CCNCC2)nc2c1sc1nc(-c3ccc(C(N)=NO)cc3)cc(C(F)(F)F)c12. The van der Waals surface area contributed by atoms with Gasteiger partial charge < -0.3 is 25.9 Å².